The second-order valence-electron chi connectivity index (χ2n) is 4.75. The number of rotatable bonds is 4. The van der Waals surface area contributed by atoms with Crippen LogP contribution in [-0.4, -0.2) is 31.3 Å². The van der Waals surface area contributed by atoms with Crippen LogP contribution in [0.15, 0.2) is 12.1 Å². The minimum Gasteiger partial charge on any atom is -0.486 e. The van der Waals surface area contributed by atoms with Crippen molar-refractivity contribution in [1.82, 2.24) is 5.32 Å². The molecule has 1 heterocycles. The number of aliphatic carboxylic acids is 1. The average molecular weight is 265 g/mol. The number of carboxylic acid groups (broad SMARTS) is 1. The molecule has 5 heteroatoms. The van der Waals surface area contributed by atoms with Crippen LogP contribution in [0.2, 0.25) is 0 Å². The molecule has 0 saturated carbocycles. The molecule has 19 heavy (non-hydrogen) atoms. The molecule has 2 unspecified atom stereocenters. The van der Waals surface area contributed by atoms with E-state index in [9.17, 15) is 9.90 Å². The number of carbonyl (C=O) groups is 1. The van der Waals surface area contributed by atoms with E-state index < -0.39 is 11.9 Å². The van der Waals surface area contributed by atoms with E-state index in [4.69, 9.17) is 9.47 Å². The number of hydrogen-bond donors (Lipinski definition) is 2. The molecule has 1 aromatic carbocycles. The predicted molar refractivity (Wildman–Crippen MR) is 70.8 cm³/mol. The van der Waals surface area contributed by atoms with E-state index >= 15 is 0 Å². The standard InChI is InChI=1S/C14H19NO4/c1-8-6-11-12(19-5-4-18-11)7-10(8)13(15-3)9(2)14(16)17/h6-7,9,13,15H,4-5H2,1-3H3,(H,16,17). The monoisotopic (exact) mass is 265 g/mol. The second kappa shape index (κ2) is 5.48. The Kier molecular flexibility index (Phi) is 3.95. The van der Waals surface area contributed by atoms with Gasteiger partial charge in [0.25, 0.3) is 0 Å². The van der Waals surface area contributed by atoms with Crippen LogP contribution in [0.25, 0.3) is 0 Å². The van der Waals surface area contributed by atoms with Gasteiger partial charge >= 0.3 is 5.97 Å². The number of nitrogens with one attached hydrogen (secondary N) is 1. The van der Waals surface area contributed by atoms with Crippen molar-refractivity contribution < 1.29 is 19.4 Å². The summed E-state index contributed by atoms with van der Waals surface area (Å²) < 4.78 is 11.1. The summed E-state index contributed by atoms with van der Waals surface area (Å²) in [6, 6.07) is 3.53. The fraction of sp³-hybridized carbons (Fsp3) is 0.500. The summed E-state index contributed by atoms with van der Waals surface area (Å²) in [5.41, 5.74) is 1.93. The number of ether oxygens (including phenoxy) is 2. The van der Waals surface area contributed by atoms with Gasteiger partial charge in [-0.1, -0.05) is 6.92 Å². The zero-order chi connectivity index (χ0) is 14.0. The first-order chi connectivity index (χ1) is 9.04. The van der Waals surface area contributed by atoms with Crippen molar-refractivity contribution in [3.05, 3.63) is 23.3 Å². The number of fused-ring (bicyclic) bond motifs is 1. The second-order valence-corrected chi connectivity index (χ2v) is 4.75. The molecular formula is C14H19NO4. The van der Waals surface area contributed by atoms with Crippen LogP contribution in [0.5, 0.6) is 11.5 Å². The van der Waals surface area contributed by atoms with Crippen LogP contribution >= 0.6 is 0 Å². The number of aryl methyl sites for hydroxylation is 1. The maximum absolute atomic E-state index is 11.2. The summed E-state index contributed by atoms with van der Waals surface area (Å²) in [6.45, 7) is 4.72. The smallest absolute Gasteiger partial charge is 0.308 e. The molecule has 5 nitrogen and oxygen atoms in total. The zero-order valence-corrected chi connectivity index (χ0v) is 11.4. The molecule has 0 saturated heterocycles. The van der Waals surface area contributed by atoms with Crippen LogP contribution in [0.4, 0.5) is 0 Å². The minimum absolute atomic E-state index is 0.256. The van der Waals surface area contributed by atoms with Gasteiger partial charge in [-0.3, -0.25) is 4.79 Å². The van der Waals surface area contributed by atoms with Crippen molar-refractivity contribution in [2.75, 3.05) is 20.3 Å². The molecule has 0 aromatic heterocycles. The van der Waals surface area contributed by atoms with Gasteiger partial charge in [-0.2, -0.15) is 0 Å². The average Bonchev–Trinajstić information content (AvgIpc) is 2.39. The van der Waals surface area contributed by atoms with E-state index in [1.165, 1.54) is 0 Å². The van der Waals surface area contributed by atoms with Gasteiger partial charge in [-0.05, 0) is 37.2 Å². The highest BCUT2D eigenvalue weighted by atomic mass is 16.6. The van der Waals surface area contributed by atoms with E-state index in [-0.39, 0.29) is 6.04 Å². The fourth-order valence-electron chi connectivity index (χ4n) is 2.36. The Morgan fingerprint density at radius 3 is 2.42 bits per heavy atom. The maximum atomic E-state index is 11.2. The Bertz CT molecular complexity index is 487. The molecule has 104 valence electrons. The third kappa shape index (κ3) is 2.66. The highest BCUT2D eigenvalue weighted by Gasteiger charge is 2.27. The van der Waals surface area contributed by atoms with Crippen molar-refractivity contribution in [2.45, 2.75) is 19.9 Å². The van der Waals surface area contributed by atoms with Gasteiger partial charge in [0.1, 0.15) is 13.2 Å². The lowest BCUT2D eigenvalue weighted by Gasteiger charge is -2.26. The molecule has 1 aliphatic heterocycles. The Balaban J connectivity index is 2.40. The Morgan fingerprint density at radius 2 is 1.89 bits per heavy atom. The first-order valence-electron chi connectivity index (χ1n) is 6.34. The molecule has 1 aromatic rings. The highest BCUT2D eigenvalue weighted by Crippen LogP contribution is 2.36. The molecule has 0 fully saturated rings. The molecule has 1 aliphatic rings. The highest BCUT2D eigenvalue weighted by molar-refractivity contribution is 5.71. The molecule has 0 aliphatic carbocycles. The minimum atomic E-state index is -0.825. The molecule has 2 rings (SSSR count). The summed E-state index contributed by atoms with van der Waals surface area (Å²) in [5.74, 6) is 0.0647. The third-order valence-electron chi connectivity index (χ3n) is 3.47. The van der Waals surface area contributed by atoms with Gasteiger partial charge in [-0.25, -0.2) is 0 Å². The molecule has 0 spiro atoms. The topological polar surface area (TPSA) is 67.8 Å². The normalized spacial score (nSPS) is 16.8. The fourth-order valence-corrected chi connectivity index (χ4v) is 2.36. The van der Waals surface area contributed by atoms with Crippen molar-refractivity contribution >= 4 is 5.97 Å². The van der Waals surface area contributed by atoms with E-state index in [0.29, 0.717) is 19.0 Å². The van der Waals surface area contributed by atoms with E-state index in [2.05, 4.69) is 5.32 Å². The Hall–Kier alpha value is -1.75. The number of hydrogen-bond acceptors (Lipinski definition) is 4. The zero-order valence-electron chi connectivity index (χ0n) is 11.4. The van der Waals surface area contributed by atoms with Crippen LogP contribution in [0, 0.1) is 12.8 Å². The summed E-state index contributed by atoms with van der Waals surface area (Å²) in [4.78, 5) is 11.2. The lowest BCUT2D eigenvalue weighted by Crippen LogP contribution is -2.29. The van der Waals surface area contributed by atoms with Crippen molar-refractivity contribution in [1.29, 1.82) is 0 Å². The van der Waals surface area contributed by atoms with Crippen molar-refractivity contribution in [3.63, 3.8) is 0 Å². The van der Waals surface area contributed by atoms with Crippen LogP contribution in [0.1, 0.15) is 24.1 Å². The Morgan fingerprint density at radius 1 is 1.32 bits per heavy atom. The van der Waals surface area contributed by atoms with Gasteiger partial charge < -0.3 is 19.9 Å². The number of benzene rings is 1. The van der Waals surface area contributed by atoms with Gasteiger partial charge in [0.05, 0.1) is 5.92 Å². The Labute approximate surface area is 112 Å². The summed E-state index contributed by atoms with van der Waals surface area (Å²) >= 11 is 0. The van der Waals surface area contributed by atoms with Gasteiger partial charge in [-0.15, -0.1) is 0 Å². The number of carboxylic acids is 1. The molecular weight excluding hydrogens is 246 g/mol. The quantitative estimate of drug-likeness (QED) is 0.868. The van der Waals surface area contributed by atoms with E-state index in [1.54, 1.807) is 14.0 Å². The third-order valence-corrected chi connectivity index (χ3v) is 3.47. The van der Waals surface area contributed by atoms with E-state index in [1.807, 2.05) is 19.1 Å². The molecule has 2 N–H and O–H groups in total. The summed E-state index contributed by atoms with van der Waals surface area (Å²) in [6.07, 6.45) is 0. The summed E-state index contributed by atoms with van der Waals surface area (Å²) in [7, 11) is 1.76. The van der Waals surface area contributed by atoms with Gasteiger partial charge in [0.15, 0.2) is 11.5 Å². The lowest BCUT2D eigenvalue weighted by molar-refractivity contribution is -0.142. The summed E-state index contributed by atoms with van der Waals surface area (Å²) in [5, 5.41) is 12.2. The van der Waals surface area contributed by atoms with Crippen LogP contribution in [-0.2, 0) is 4.79 Å². The lowest BCUT2D eigenvalue weighted by atomic mass is 9.91. The maximum Gasteiger partial charge on any atom is 0.308 e. The predicted octanol–water partition coefficient (Wildman–Crippen LogP) is 1.75. The van der Waals surface area contributed by atoms with E-state index in [0.717, 1.165) is 16.9 Å². The molecule has 2 atom stereocenters. The first-order valence-corrected chi connectivity index (χ1v) is 6.34. The van der Waals surface area contributed by atoms with Crippen molar-refractivity contribution in [3.8, 4) is 11.5 Å². The SMILES string of the molecule is CNC(c1cc2c(cc1C)OCCO2)C(C)C(=O)O. The molecule has 0 bridgehead atoms. The molecule has 0 radical (unpaired) electrons. The molecule has 0 amide bonds. The van der Waals surface area contributed by atoms with Gasteiger partial charge in [0.2, 0.25) is 0 Å². The largest absolute Gasteiger partial charge is 0.486 e. The van der Waals surface area contributed by atoms with Crippen molar-refractivity contribution in [2.24, 2.45) is 5.92 Å². The van der Waals surface area contributed by atoms with Crippen LogP contribution < -0.4 is 14.8 Å². The van der Waals surface area contributed by atoms with Crippen LogP contribution in [0.3, 0.4) is 0 Å². The van der Waals surface area contributed by atoms with Gasteiger partial charge in [0, 0.05) is 6.04 Å². The first kappa shape index (κ1) is 13.7.